The molecule has 3 N–H and O–H groups in total. The Bertz CT molecular complexity index is 200. The average Bonchev–Trinajstić information content (AvgIpc) is 2.64. The van der Waals surface area contributed by atoms with Crippen molar-refractivity contribution in [3.05, 3.63) is 0 Å². The van der Waals surface area contributed by atoms with Crippen molar-refractivity contribution in [1.29, 1.82) is 0 Å². The molecule has 1 fully saturated rings. The third kappa shape index (κ3) is 4.62. The predicted octanol–water partition coefficient (Wildman–Crippen LogP) is 0.570. The van der Waals surface area contributed by atoms with Gasteiger partial charge in [-0.2, -0.15) is 0 Å². The van der Waals surface area contributed by atoms with Crippen molar-refractivity contribution in [1.82, 2.24) is 5.32 Å². The van der Waals surface area contributed by atoms with Gasteiger partial charge in [0.2, 0.25) is 5.91 Å². The van der Waals surface area contributed by atoms with Crippen LogP contribution >= 0.6 is 0 Å². The van der Waals surface area contributed by atoms with Gasteiger partial charge in [0.1, 0.15) is 0 Å². The Balaban J connectivity index is 2.10. The Morgan fingerprint density at radius 1 is 1.27 bits per heavy atom. The molecule has 1 amide bonds. The van der Waals surface area contributed by atoms with Crippen LogP contribution in [-0.2, 0) is 4.79 Å². The first-order chi connectivity index (χ1) is 7.16. The second-order valence-corrected chi connectivity index (χ2v) is 4.39. The molecule has 0 radical (unpaired) electrons. The van der Waals surface area contributed by atoms with Gasteiger partial charge in [0.25, 0.3) is 0 Å². The van der Waals surface area contributed by atoms with E-state index in [0.717, 1.165) is 25.7 Å². The predicted molar refractivity (Wildman–Crippen MR) is 57.4 cm³/mol. The lowest BCUT2D eigenvalue weighted by atomic mass is 10.0. The summed E-state index contributed by atoms with van der Waals surface area (Å²) in [5.41, 5.74) is -0.660. The van der Waals surface area contributed by atoms with Gasteiger partial charge < -0.3 is 15.5 Å². The van der Waals surface area contributed by atoms with E-state index in [9.17, 15) is 9.90 Å². The molecule has 0 heterocycles. The number of carbonyl (C=O) groups excluding carboxylic acids is 1. The number of nitrogens with one attached hydrogen (secondary N) is 1. The summed E-state index contributed by atoms with van der Waals surface area (Å²) in [6, 6.07) is 0. The van der Waals surface area contributed by atoms with Crippen molar-refractivity contribution in [2.24, 2.45) is 0 Å². The lowest BCUT2D eigenvalue weighted by Crippen LogP contribution is -2.40. The number of aliphatic hydroxyl groups excluding tert-OH is 1. The molecular weight excluding hydrogens is 194 g/mol. The third-order valence-electron chi connectivity index (χ3n) is 2.96. The summed E-state index contributed by atoms with van der Waals surface area (Å²) < 4.78 is 0. The fourth-order valence-electron chi connectivity index (χ4n) is 1.96. The normalized spacial score (nSPS) is 19.1. The maximum Gasteiger partial charge on any atom is 0.220 e. The molecule has 4 heteroatoms. The van der Waals surface area contributed by atoms with Crippen LogP contribution in [0.2, 0.25) is 0 Å². The summed E-state index contributed by atoms with van der Waals surface area (Å²) in [5, 5.41) is 21.3. The van der Waals surface area contributed by atoms with Gasteiger partial charge in [0.05, 0.1) is 5.60 Å². The van der Waals surface area contributed by atoms with Crippen LogP contribution in [0.5, 0.6) is 0 Å². The van der Waals surface area contributed by atoms with E-state index in [2.05, 4.69) is 5.32 Å². The molecule has 1 saturated carbocycles. The average molecular weight is 215 g/mol. The van der Waals surface area contributed by atoms with Gasteiger partial charge in [-0.3, -0.25) is 4.79 Å². The van der Waals surface area contributed by atoms with Crippen LogP contribution < -0.4 is 5.32 Å². The van der Waals surface area contributed by atoms with Crippen LogP contribution in [0.1, 0.15) is 44.9 Å². The van der Waals surface area contributed by atoms with Gasteiger partial charge >= 0.3 is 0 Å². The Kier molecular flexibility index (Phi) is 5.05. The molecule has 0 bridgehead atoms. The molecule has 0 unspecified atom stereocenters. The van der Waals surface area contributed by atoms with Crippen molar-refractivity contribution in [2.75, 3.05) is 13.2 Å². The van der Waals surface area contributed by atoms with E-state index in [1.54, 1.807) is 0 Å². The van der Waals surface area contributed by atoms with E-state index in [4.69, 9.17) is 5.11 Å². The standard InChI is InChI=1S/C11H21NO3/c13-8-4-1-5-10(14)12-9-11(15)6-2-3-7-11/h13,15H,1-9H2,(H,12,14). The van der Waals surface area contributed by atoms with Crippen molar-refractivity contribution in [3.63, 3.8) is 0 Å². The number of rotatable bonds is 6. The monoisotopic (exact) mass is 215 g/mol. The Hall–Kier alpha value is -0.610. The fraction of sp³-hybridized carbons (Fsp3) is 0.909. The van der Waals surface area contributed by atoms with Crippen LogP contribution in [0.4, 0.5) is 0 Å². The number of hydrogen-bond acceptors (Lipinski definition) is 3. The molecule has 0 aromatic heterocycles. The molecule has 88 valence electrons. The first-order valence-corrected chi connectivity index (χ1v) is 5.76. The minimum absolute atomic E-state index is 0.0243. The lowest BCUT2D eigenvalue weighted by Gasteiger charge is -2.22. The van der Waals surface area contributed by atoms with Crippen LogP contribution in [0, 0.1) is 0 Å². The molecular formula is C11H21NO3. The maximum absolute atomic E-state index is 11.3. The third-order valence-corrected chi connectivity index (χ3v) is 2.96. The molecule has 1 aliphatic carbocycles. The quantitative estimate of drug-likeness (QED) is 0.567. The molecule has 1 aliphatic rings. The van der Waals surface area contributed by atoms with E-state index in [0.29, 0.717) is 25.8 Å². The molecule has 0 saturated heterocycles. The summed E-state index contributed by atoms with van der Waals surface area (Å²) in [4.78, 5) is 11.3. The van der Waals surface area contributed by atoms with E-state index < -0.39 is 5.60 Å². The molecule has 0 aromatic rings. The summed E-state index contributed by atoms with van der Waals surface area (Å²) >= 11 is 0. The van der Waals surface area contributed by atoms with Crippen LogP contribution in [0.15, 0.2) is 0 Å². The fourth-order valence-corrected chi connectivity index (χ4v) is 1.96. The zero-order valence-corrected chi connectivity index (χ0v) is 9.17. The van der Waals surface area contributed by atoms with E-state index in [1.807, 2.05) is 0 Å². The smallest absolute Gasteiger partial charge is 0.220 e. The van der Waals surface area contributed by atoms with Crippen molar-refractivity contribution < 1.29 is 15.0 Å². The summed E-state index contributed by atoms with van der Waals surface area (Å²) in [5.74, 6) is -0.0243. The molecule has 1 rings (SSSR count). The second kappa shape index (κ2) is 6.08. The number of unbranched alkanes of at least 4 members (excludes halogenated alkanes) is 1. The highest BCUT2D eigenvalue weighted by Gasteiger charge is 2.31. The summed E-state index contributed by atoms with van der Waals surface area (Å²) in [7, 11) is 0. The molecule has 4 nitrogen and oxygen atoms in total. The van der Waals surface area contributed by atoms with Gasteiger partial charge in [-0.15, -0.1) is 0 Å². The minimum Gasteiger partial charge on any atom is -0.396 e. The summed E-state index contributed by atoms with van der Waals surface area (Å²) in [6.07, 6.45) is 5.51. The van der Waals surface area contributed by atoms with Crippen LogP contribution in [-0.4, -0.2) is 34.9 Å². The Morgan fingerprint density at radius 3 is 2.53 bits per heavy atom. The SMILES string of the molecule is O=C(CCCCO)NCC1(O)CCCC1. The number of aliphatic hydroxyl groups is 2. The van der Waals surface area contributed by atoms with Crippen molar-refractivity contribution >= 4 is 5.91 Å². The van der Waals surface area contributed by atoms with Gasteiger partial charge in [0.15, 0.2) is 0 Å². The highest BCUT2D eigenvalue weighted by atomic mass is 16.3. The summed E-state index contributed by atoms with van der Waals surface area (Å²) in [6.45, 7) is 0.516. The topological polar surface area (TPSA) is 69.6 Å². The zero-order chi connectivity index (χ0) is 11.1. The number of carbonyl (C=O) groups is 1. The van der Waals surface area contributed by atoms with Gasteiger partial charge in [0, 0.05) is 19.6 Å². The van der Waals surface area contributed by atoms with Crippen molar-refractivity contribution in [3.8, 4) is 0 Å². The van der Waals surface area contributed by atoms with Crippen molar-refractivity contribution in [2.45, 2.75) is 50.5 Å². The van der Waals surface area contributed by atoms with Gasteiger partial charge in [-0.1, -0.05) is 12.8 Å². The van der Waals surface area contributed by atoms with Crippen LogP contribution in [0.25, 0.3) is 0 Å². The lowest BCUT2D eigenvalue weighted by molar-refractivity contribution is -0.122. The minimum atomic E-state index is -0.660. The Labute approximate surface area is 90.7 Å². The molecule has 0 spiro atoms. The highest BCUT2D eigenvalue weighted by Crippen LogP contribution is 2.28. The van der Waals surface area contributed by atoms with E-state index in [-0.39, 0.29) is 12.5 Å². The van der Waals surface area contributed by atoms with Gasteiger partial charge in [-0.25, -0.2) is 0 Å². The number of hydrogen-bond donors (Lipinski definition) is 3. The van der Waals surface area contributed by atoms with E-state index in [1.165, 1.54) is 0 Å². The van der Waals surface area contributed by atoms with Gasteiger partial charge in [-0.05, 0) is 25.7 Å². The first kappa shape index (κ1) is 12.5. The molecule has 0 aromatic carbocycles. The van der Waals surface area contributed by atoms with E-state index >= 15 is 0 Å². The molecule has 0 aliphatic heterocycles. The second-order valence-electron chi connectivity index (χ2n) is 4.39. The molecule has 15 heavy (non-hydrogen) atoms. The zero-order valence-electron chi connectivity index (χ0n) is 9.17. The molecule has 0 atom stereocenters. The number of amides is 1. The maximum atomic E-state index is 11.3. The highest BCUT2D eigenvalue weighted by molar-refractivity contribution is 5.75. The Morgan fingerprint density at radius 2 is 1.93 bits per heavy atom. The first-order valence-electron chi connectivity index (χ1n) is 5.76. The van der Waals surface area contributed by atoms with Crippen LogP contribution in [0.3, 0.4) is 0 Å². The largest absolute Gasteiger partial charge is 0.396 e.